The molecule has 0 aliphatic carbocycles. The van der Waals surface area contributed by atoms with Crippen molar-refractivity contribution >= 4 is 28.9 Å². The van der Waals surface area contributed by atoms with E-state index in [2.05, 4.69) is 10.3 Å². The number of carbonyl (C=O) groups excluding carboxylic acids is 1. The first-order valence-electron chi connectivity index (χ1n) is 5.88. The number of anilines is 2. The maximum absolute atomic E-state index is 13.1. The van der Waals surface area contributed by atoms with Crippen molar-refractivity contribution in [3.63, 3.8) is 0 Å². The Balaban J connectivity index is 2.31. The van der Waals surface area contributed by atoms with Crippen molar-refractivity contribution in [3.8, 4) is 0 Å². The molecule has 0 spiro atoms. The molecule has 0 saturated carbocycles. The minimum absolute atomic E-state index is 0.000209. The van der Waals surface area contributed by atoms with Gasteiger partial charge in [0.05, 0.1) is 23.1 Å². The molecule has 1 aromatic carbocycles. The van der Waals surface area contributed by atoms with Crippen molar-refractivity contribution in [2.45, 2.75) is 0 Å². The minimum atomic E-state index is -0.611. The number of pyridine rings is 1. The fourth-order valence-corrected chi connectivity index (χ4v) is 1.93. The summed E-state index contributed by atoms with van der Waals surface area (Å²) in [5.41, 5.74) is 1.45. The molecule has 1 N–H and O–H groups in total. The summed E-state index contributed by atoms with van der Waals surface area (Å²) in [7, 11) is 3.73. The normalized spacial score (nSPS) is 10.2. The predicted molar refractivity (Wildman–Crippen MR) is 77.9 cm³/mol. The molecular formula is C14H13ClFN3O. The van der Waals surface area contributed by atoms with Crippen LogP contribution >= 0.6 is 11.6 Å². The summed E-state index contributed by atoms with van der Waals surface area (Å²) < 4.78 is 13.1. The van der Waals surface area contributed by atoms with E-state index in [-0.39, 0.29) is 10.7 Å². The average molecular weight is 294 g/mol. The number of nitrogens with zero attached hydrogens (tertiary/aromatic N) is 2. The summed E-state index contributed by atoms with van der Waals surface area (Å²) in [4.78, 5) is 17.6. The van der Waals surface area contributed by atoms with Crippen LogP contribution in [0.1, 0.15) is 10.4 Å². The average Bonchev–Trinajstić information content (AvgIpc) is 2.41. The number of para-hydroxylation sites is 2. The second-order valence-corrected chi connectivity index (χ2v) is 4.72. The molecule has 0 bridgehead atoms. The van der Waals surface area contributed by atoms with Crippen LogP contribution in [-0.2, 0) is 0 Å². The Morgan fingerprint density at radius 2 is 2.05 bits per heavy atom. The highest BCUT2D eigenvalue weighted by Gasteiger charge is 2.14. The summed E-state index contributed by atoms with van der Waals surface area (Å²) in [6.07, 6.45) is 0.965. The summed E-state index contributed by atoms with van der Waals surface area (Å²) in [6.45, 7) is 0. The van der Waals surface area contributed by atoms with Crippen molar-refractivity contribution in [1.82, 2.24) is 4.98 Å². The Morgan fingerprint density at radius 3 is 2.75 bits per heavy atom. The van der Waals surface area contributed by atoms with Gasteiger partial charge in [0.2, 0.25) is 0 Å². The Labute approximate surface area is 121 Å². The Bertz CT molecular complexity index is 646. The second kappa shape index (κ2) is 5.88. The molecule has 20 heavy (non-hydrogen) atoms. The summed E-state index contributed by atoms with van der Waals surface area (Å²) >= 11 is 5.81. The molecule has 4 nitrogen and oxygen atoms in total. The fraction of sp³-hybridized carbons (Fsp3) is 0.143. The summed E-state index contributed by atoms with van der Waals surface area (Å²) in [6, 6.07) is 8.34. The SMILES string of the molecule is CN(C)c1ccccc1NC(=O)c1cc(F)cnc1Cl. The lowest BCUT2D eigenvalue weighted by atomic mass is 10.2. The Kier molecular flexibility index (Phi) is 4.20. The molecule has 0 aliphatic heterocycles. The monoisotopic (exact) mass is 293 g/mol. The first-order chi connectivity index (χ1) is 9.49. The first kappa shape index (κ1) is 14.3. The van der Waals surface area contributed by atoms with Crippen molar-refractivity contribution in [3.05, 3.63) is 53.1 Å². The van der Waals surface area contributed by atoms with E-state index in [0.29, 0.717) is 5.69 Å². The smallest absolute Gasteiger partial charge is 0.258 e. The van der Waals surface area contributed by atoms with E-state index in [9.17, 15) is 9.18 Å². The van der Waals surface area contributed by atoms with Crippen LogP contribution in [0.5, 0.6) is 0 Å². The lowest BCUT2D eigenvalue weighted by molar-refractivity contribution is 0.102. The number of hydrogen-bond acceptors (Lipinski definition) is 3. The number of halogens is 2. The lowest BCUT2D eigenvalue weighted by Gasteiger charge is -2.17. The van der Waals surface area contributed by atoms with Crippen molar-refractivity contribution in [1.29, 1.82) is 0 Å². The van der Waals surface area contributed by atoms with Crippen LogP contribution in [0.15, 0.2) is 36.5 Å². The Morgan fingerprint density at radius 1 is 1.35 bits per heavy atom. The van der Waals surface area contributed by atoms with Gasteiger partial charge in [-0.05, 0) is 18.2 Å². The van der Waals surface area contributed by atoms with Gasteiger partial charge in [-0.15, -0.1) is 0 Å². The molecule has 0 unspecified atom stereocenters. The third-order valence-corrected chi connectivity index (χ3v) is 2.99. The highest BCUT2D eigenvalue weighted by Crippen LogP contribution is 2.25. The van der Waals surface area contributed by atoms with Crippen LogP contribution in [0.4, 0.5) is 15.8 Å². The molecule has 0 atom stereocenters. The van der Waals surface area contributed by atoms with Gasteiger partial charge in [-0.3, -0.25) is 4.79 Å². The van der Waals surface area contributed by atoms with E-state index in [1.807, 2.05) is 31.1 Å². The molecule has 1 amide bonds. The highest BCUT2D eigenvalue weighted by molar-refractivity contribution is 6.33. The van der Waals surface area contributed by atoms with Gasteiger partial charge in [-0.2, -0.15) is 0 Å². The predicted octanol–water partition coefficient (Wildman–Crippen LogP) is 3.19. The maximum atomic E-state index is 13.1. The largest absolute Gasteiger partial charge is 0.376 e. The van der Waals surface area contributed by atoms with Crippen LogP contribution in [0.25, 0.3) is 0 Å². The number of carbonyl (C=O) groups is 1. The topological polar surface area (TPSA) is 45.2 Å². The minimum Gasteiger partial charge on any atom is -0.376 e. The van der Waals surface area contributed by atoms with Crippen LogP contribution in [0.2, 0.25) is 5.15 Å². The summed E-state index contributed by atoms with van der Waals surface area (Å²) in [5, 5.41) is 2.67. The maximum Gasteiger partial charge on any atom is 0.258 e. The van der Waals surface area contributed by atoms with Gasteiger partial charge >= 0.3 is 0 Å². The van der Waals surface area contributed by atoms with Gasteiger partial charge in [0, 0.05) is 14.1 Å². The van der Waals surface area contributed by atoms with E-state index in [1.54, 1.807) is 12.1 Å². The molecule has 0 fully saturated rings. The van der Waals surface area contributed by atoms with E-state index in [0.717, 1.165) is 18.0 Å². The fourth-order valence-electron chi connectivity index (χ4n) is 1.74. The number of nitrogens with one attached hydrogen (secondary N) is 1. The van der Waals surface area contributed by atoms with Gasteiger partial charge in [-0.1, -0.05) is 23.7 Å². The lowest BCUT2D eigenvalue weighted by Crippen LogP contribution is -2.17. The molecule has 2 aromatic rings. The van der Waals surface area contributed by atoms with Crippen LogP contribution in [0, 0.1) is 5.82 Å². The number of aromatic nitrogens is 1. The third-order valence-electron chi connectivity index (χ3n) is 2.68. The molecule has 0 aliphatic rings. The molecule has 0 saturated heterocycles. The number of rotatable bonds is 3. The van der Waals surface area contributed by atoms with Crippen molar-refractivity contribution in [2.75, 3.05) is 24.3 Å². The van der Waals surface area contributed by atoms with Gasteiger partial charge in [0.25, 0.3) is 5.91 Å². The van der Waals surface area contributed by atoms with E-state index >= 15 is 0 Å². The van der Waals surface area contributed by atoms with Gasteiger partial charge in [-0.25, -0.2) is 9.37 Å². The van der Waals surface area contributed by atoms with E-state index in [1.165, 1.54) is 0 Å². The van der Waals surface area contributed by atoms with Gasteiger partial charge < -0.3 is 10.2 Å². The van der Waals surface area contributed by atoms with Gasteiger partial charge in [0.15, 0.2) is 0 Å². The zero-order valence-electron chi connectivity index (χ0n) is 11.0. The molecule has 104 valence electrons. The van der Waals surface area contributed by atoms with Crippen LogP contribution < -0.4 is 10.2 Å². The highest BCUT2D eigenvalue weighted by atomic mass is 35.5. The summed E-state index contributed by atoms with van der Waals surface area (Å²) in [5.74, 6) is -1.11. The van der Waals surface area contributed by atoms with E-state index < -0.39 is 11.7 Å². The number of amides is 1. The van der Waals surface area contributed by atoms with E-state index in [4.69, 9.17) is 11.6 Å². The zero-order chi connectivity index (χ0) is 14.7. The third kappa shape index (κ3) is 3.05. The van der Waals surface area contributed by atoms with Crippen LogP contribution in [0.3, 0.4) is 0 Å². The quantitative estimate of drug-likeness (QED) is 0.884. The van der Waals surface area contributed by atoms with Crippen molar-refractivity contribution < 1.29 is 9.18 Å². The standard InChI is InChI=1S/C14H13ClFN3O/c1-19(2)12-6-4-3-5-11(12)18-14(20)10-7-9(16)8-17-13(10)15/h3-8H,1-2H3,(H,18,20). The Hall–Kier alpha value is -2.14. The molecule has 6 heteroatoms. The van der Waals surface area contributed by atoms with Gasteiger partial charge in [0.1, 0.15) is 11.0 Å². The molecular weight excluding hydrogens is 281 g/mol. The number of benzene rings is 1. The zero-order valence-corrected chi connectivity index (χ0v) is 11.8. The molecule has 2 rings (SSSR count). The first-order valence-corrected chi connectivity index (χ1v) is 6.25. The second-order valence-electron chi connectivity index (χ2n) is 4.36. The number of hydrogen-bond donors (Lipinski definition) is 1. The molecule has 1 aromatic heterocycles. The van der Waals surface area contributed by atoms with Crippen LogP contribution in [-0.4, -0.2) is 25.0 Å². The molecule has 0 radical (unpaired) electrons. The molecule has 1 heterocycles. The van der Waals surface area contributed by atoms with Crippen molar-refractivity contribution in [2.24, 2.45) is 0 Å².